The molecule has 2 unspecified atom stereocenters. The molecule has 0 aromatic heterocycles. The van der Waals surface area contributed by atoms with Crippen molar-refractivity contribution >= 4 is 44.0 Å². The number of carbonyl (C=O) groups is 1. The Balaban J connectivity index is 1.61. The van der Waals surface area contributed by atoms with Gasteiger partial charge in [-0.15, -0.1) is 0 Å². The van der Waals surface area contributed by atoms with Crippen LogP contribution in [0.5, 0.6) is 0 Å². The monoisotopic (exact) mass is 456 g/mol. The highest BCUT2D eigenvalue weighted by Gasteiger charge is 2.49. The Bertz CT molecular complexity index is 1210. The standard InChI is InChI=1S/C21H17FN4O3S2/c22-15-6-8-16(9-7-15)25-20(27)14(10-23)11-24-21-26(17-4-2-1-3-5-17)18-12-31(28,29)13-19(18)30-21/h1-9,11,18-19H,12-13H2,(H,25,27). The molecule has 0 saturated carbocycles. The fraction of sp³-hybridized carbons (Fsp3) is 0.190. The van der Waals surface area contributed by atoms with Crippen LogP contribution in [-0.4, -0.2) is 42.3 Å². The number of thioether (sulfide) groups is 1. The van der Waals surface area contributed by atoms with Gasteiger partial charge in [-0.1, -0.05) is 30.0 Å². The van der Waals surface area contributed by atoms with Crippen molar-refractivity contribution in [2.75, 3.05) is 21.7 Å². The maximum atomic E-state index is 13.0. The first kappa shape index (κ1) is 21.1. The van der Waals surface area contributed by atoms with Gasteiger partial charge in [-0.3, -0.25) is 4.79 Å². The molecule has 31 heavy (non-hydrogen) atoms. The molecule has 2 aromatic carbocycles. The van der Waals surface area contributed by atoms with Gasteiger partial charge in [0.2, 0.25) is 0 Å². The lowest BCUT2D eigenvalue weighted by molar-refractivity contribution is -0.112. The van der Waals surface area contributed by atoms with Crippen molar-refractivity contribution in [1.29, 1.82) is 5.26 Å². The van der Waals surface area contributed by atoms with Crippen LogP contribution in [0.25, 0.3) is 0 Å². The number of fused-ring (bicyclic) bond motifs is 1. The molecule has 0 spiro atoms. The third-order valence-corrected chi connectivity index (χ3v) is 8.10. The Labute approximate surface area is 183 Å². The molecule has 0 aliphatic carbocycles. The van der Waals surface area contributed by atoms with Gasteiger partial charge < -0.3 is 10.2 Å². The van der Waals surface area contributed by atoms with E-state index in [0.717, 1.165) is 5.69 Å². The Morgan fingerprint density at radius 3 is 2.58 bits per heavy atom. The molecular weight excluding hydrogens is 439 g/mol. The van der Waals surface area contributed by atoms with Crippen LogP contribution < -0.4 is 10.2 Å². The van der Waals surface area contributed by atoms with Crippen molar-refractivity contribution in [3.63, 3.8) is 0 Å². The Kier molecular flexibility index (Phi) is 5.80. The predicted octanol–water partition coefficient (Wildman–Crippen LogP) is 2.95. The van der Waals surface area contributed by atoms with Crippen molar-refractivity contribution < 1.29 is 17.6 Å². The summed E-state index contributed by atoms with van der Waals surface area (Å²) in [5, 5.41) is 12.3. The lowest BCUT2D eigenvalue weighted by Crippen LogP contribution is -2.37. The summed E-state index contributed by atoms with van der Waals surface area (Å²) in [5.74, 6) is -1.02. The minimum atomic E-state index is -3.13. The van der Waals surface area contributed by atoms with Crippen LogP contribution in [-0.2, 0) is 14.6 Å². The Morgan fingerprint density at radius 1 is 1.19 bits per heavy atom. The molecule has 2 aliphatic heterocycles. The number of amidine groups is 1. The molecule has 2 aromatic rings. The van der Waals surface area contributed by atoms with Crippen molar-refractivity contribution in [2.24, 2.45) is 4.99 Å². The molecule has 2 heterocycles. The average molecular weight is 457 g/mol. The normalized spacial score (nSPS) is 23.4. The summed E-state index contributed by atoms with van der Waals surface area (Å²) in [7, 11) is -3.13. The second-order valence-corrected chi connectivity index (χ2v) is 10.4. The number of hydrogen-bond acceptors (Lipinski definition) is 6. The number of benzene rings is 2. The minimum absolute atomic E-state index is 0.0262. The average Bonchev–Trinajstić information content (AvgIpc) is 3.21. The van der Waals surface area contributed by atoms with Gasteiger partial charge in [0.15, 0.2) is 15.0 Å². The predicted molar refractivity (Wildman–Crippen MR) is 119 cm³/mol. The number of para-hydroxylation sites is 1. The van der Waals surface area contributed by atoms with E-state index < -0.39 is 21.6 Å². The van der Waals surface area contributed by atoms with E-state index in [1.54, 1.807) is 0 Å². The molecule has 1 N–H and O–H groups in total. The van der Waals surface area contributed by atoms with Crippen molar-refractivity contribution in [3.8, 4) is 6.07 Å². The number of sulfone groups is 1. The van der Waals surface area contributed by atoms with E-state index in [4.69, 9.17) is 0 Å². The highest BCUT2D eigenvalue weighted by atomic mass is 32.2. The van der Waals surface area contributed by atoms with Crippen LogP contribution in [0, 0.1) is 17.1 Å². The number of nitriles is 1. The highest BCUT2D eigenvalue weighted by Crippen LogP contribution is 2.40. The van der Waals surface area contributed by atoms with Gasteiger partial charge >= 0.3 is 0 Å². The summed E-state index contributed by atoms with van der Waals surface area (Å²) in [6.45, 7) is 0. The number of nitrogens with zero attached hydrogens (tertiary/aromatic N) is 3. The van der Waals surface area contributed by atoms with Gasteiger partial charge in [0.1, 0.15) is 17.5 Å². The Hall–Kier alpha value is -3.16. The second kappa shape index (κ2) is 8.53. The number of hydrogen-bond donors (Lipinski definition) is 1. The van der Waals surface area contributed by atoms with Crippen LogP contribution >= 0.6 is 11.8 Å². The molecule has 158 valence electrons. The van der Waals surface area contributed by atoms with Crippen LogP contribution in [0.1, 0.15) is 0 Å². The van der Waals surface area contributed by atoms with Crippen LogP contribution in [0.4, 0.5) is 15.8 Å². The molecule has 4 rings (SSSR count). The van der Waals surface area contributed by atoms with E-state index in [9.17, 15) is 22.9 Å². The van der Waals surface area contributed by atoms with E-state index in [1.165, 1.54) is 42.2 Å². The van der Waals surface area contributed by atoms with Gasteiger partial charge in [-0.25, -0.2) is 17.8 Å². The van der Waals surface area contributed by atoms with Crippen molar-refractivity contribution in [2.45, 2.75) is 11.3 Å². The molecule has 1 amide bonds. The third kappa shape index (κ3) is 4.62. The first-order valence-electron chi connectivity index (χ1n) is 9.32. The molecule has 0 radical (unpaired) electrons. The fourth-order valence-electron chi connectivity index (χ4n) is 3.46. The van der Waals surface area contributed by atoms with E-state index in [-0.39, 0.29) is 28.4 Å². The second-order valence-electron chi connectivity index (χ2n) is 7.03. The van der Waals surface area contributed by atoms with Crippen LogP contribution in [0.3, 0.4) is 0 Å². The number of rotatable bonds is 4. The zero-order valence-corrected chi connectivity index (χ0v) is 17.7. The molecule has 2 atom stereocenters. The quantitative estimate of drug-likeness (QED) is 0.561. The summed E-state index contributed by atoms with van der Waals surface area (Å²) in [6, 6.07) is 16.0. The largest absolute Gasteiger partial charge is 0.321 e. The summed E-state index contributed by atoms with van der Waals surface area (Å²) in [4.78, 5) is 18.6. The lowest BCUT2D eigenvalue weighted by Gasteiger charge is -2.24. The highest BCUT2D eigenvalue weighted by molar-refractivity contribution is 8.16. The van der Waals surface area contributed by atoms with E-state index in [1.807, 2.05) is 41.3 Å². The summed E-state index contributed by atoms with van der Waals surface area (Å²) < 4.78 is 37.3. The van der Waals surface area contributed by atoms with Gasteiger partial charge in [-0.2, -0.15) is 5.26 Å². The maximum absolute atomic E-state index is 13.0. The smallest absolute Gasteiger partial charge is 0.267 e. The molecule has 10 heteroatoms. The zero-order chi connectivity index (χ0) is 22.0. The SMILES string of the molecule is N#CC(=CN=C1SC2CS(=O)(=O)CC2N1c1ccccc1)C(=O)Nc1ccc(F)cc1. The van der Waals surface area contributed by atoms with Gasteiger partial charge in [-0.05, 0) is 36.4 Å². The van der Waals surface area contributed by atoms with E-state index in [0.29, 0.717) is 10.9 Å². The molecular formula is C21H17FN4O3S2. The number of anilines is 2. The third-order valence-electron chi connectivity index (χ3n) is 4.87. The number of nitrogens with one attached hydrogen (secondary N) is 1. The molecule has 2 fully saturated rings. The fourth-order valence-corrected chi connectivity index (χ4v) is 7.35. The zero-order valence-electron chi connectivity index (χ0n) is 16.1. The minimum Gasteiger partial charge on any atom is -0.321 e. The van der Waals surface area contributed by atoms with E-state index in [2.05, 4.69) is 10.3 Å². The number of halogens is 1. The molecule has 2 saturated heterocycles. The summed E-state index contributed by atoms with van der Waals surface area (Å²) >= 11 is 1.33. The number of amides is 1. The lowest BCUT2D eigenvalue weighted by atomic mass is 10.2. The van der Waals surface area contributed by atoms with Gasteiger partial charge in [0, 0.05) is 16.6 Å². The molecule has 7 nitrogen and oxygen atoms in total. The van der Waals surface area contributed by atoms with E-state index >= 15 is 0 Å². The van der Waals surface area contributed by atoms with Gasteiger partial charge in [0.25, 0.3) is 5.91 Å². The van der Waals surface area contributed by atoms with Crippen LogP contribution in [0.2, 0.25) is 0 Å². The van der Waals surface area contributed by atoms with Crippen molar-refractivity contribution in [1.82, 2.24) is 0 Å². The van der Waals surface area contributed by atoms with Gasteiger partial charge in [0.05, 0.1) is 23.7 Å². The van der Waals surface area contributed by atoms with Crippen molar-refractivity contribution in [3.05, 3.63) is 72.2 Å². The molecule has 2 aliphatic rings. The first-order valence-corrected chi connectivity index (χ1v) is 12.0. The molecule has 0 bridgehead atoms. The first-order chi connectivity index (χ1) is 14.9. The Morgan fingerprint density at radius 2 is 1.90 bits per heavy atom. The maximum Gasteiger partial charge on any atom is 0.267 e. The number of carbonyl (C=O) groups excluding carboxylic acids is 1. The summed E-state index contributed by atoms with van der Waals surface area (Å²) in [5.41, 5.74) is 0.914. The summed E-state index contributed by atoms with van der Waals surface area (Å²) in [6.07, 6.45) is 1.17. The number of aliphatic imine (C=N–C) groups is 1. The topological polar surface area (TPSA) is 103 Å². The van der Waals surface area contributed by atoms with Crippen LogP contribution in [0.15, 0.2) is 71.4 Å².